The van der Waals surface area contributed by atoms with Gasteiger partial charge in [0.2, 0.25) is 21.9 Å². The van der Waals surface area contributed by atoms with Crippen molar-refractivity contribution in [2.75, 3.05) is 18.9 Å². The predicted octanol–water partition coefficient (Wildman–Crippen LogP) is 2.76. The minimum Gasteiger partial charge on any atom is -0.506 e. The zero-order chi connectivity index (χ0) is 25.9. The Morgan fingerprint density at radius 3 is 2.61 bits per heavy atom. The van der Waals surface area contributed by atoms with Crippen LogP contribution in [0.5, 0.6) is 11.5 Å². The number of hydrogen-bond acceptors (Lipinski definition) is 9. The van der Waals surface area contributed by atoms with Crippen molar-refractivity contribution < 1.29 is 28.1 Å². The number of benzene rings is 1. The molecule has 2 aromatic rings. The van der Waals surface area contributed by atoms with Gasteiger partial charge in [0.05, 0.1) is 26.4 Å². The van der Waals surface area contributed by atoms with E-state index in [0.29, 0.717) is 0 Å². The van der Waals surface area contributed by atoms with Gasteiger partial charge in [-0.3, -0.25) is 9.29 Å². The van der Waals surface area contributed by atoms with Crippen LogP contribution in [0.25, 0.3) is 11.4 Å². The van der Waals surface area contributed by atoms with E-state index in [-0.39, 0.29) is 46.5 Å². The largest absolute Gasteiger partial charge is 0.506 e. The van der Waals surface area contributed by atoms with Crippen molar-refractivity contribution in [3.8, 4) is 17.2 Å². The molecule has 2 heterocycles. The topological polar surface area (TPSA) is 148 Å². The summed E-state index contributed by atoms with van der Waals surface area (Å²) in [6, 6.07) is 4.60. The zero-order valence-corrected chi connectivity index (χ0v) is 21.1. The van der Waals surface area contributed by atoms with E-state index in [4.69, 9.17) is 9.47 Å². The molecule has 192 valence electrons. The molecule has 0 spiro atoms. The first-order valence-corrected chi connectivity index (χ1v) is 13.2. The number of para-hydroxylation sites is 1. The van der Waals surface area contributed by atoms with E-state index in [1.165, 1.54) is 37.9 Å². The number of ether oxygens (including phenoxy) is 2. The first kappa shape index (κ1) is 25.5. The van der Waals surface area contributed by atoms with Crippen molar-refractivity contribution >= 4 is 27.6 Å². The molecule has 36 heavy (non-hydrogen) atoms. The number of phenolic OH excluding ortho intramolecular Hbond substituents is 1. The summed E-state index contributed by atoms with van der Waals surface area (Å²) < 4.78 is 41.0. The summed E-state index contributed by atoms with van der Waals surface area (Å²) in [4.78, 5) is 4.30. The quantitative estimate of drug-likeness (QED) is 0.455. The van der Waals surface area contributed by atoms with Crippen molar-refractivity contribution in [1.29, 1.82) is 0 Å². The Balaban J connectivity index is 1.79. The summed E-state index contributed by atoms with van der Waals surface area (Å²) in [7, 11) is -1.26. The van der Waals surface area contributed by atoms with Gasteiger partial charge in [-0.25, -0.2) is 13.4 Å². The molecule has 0 bridgehead atoms. The summed E-state index contributed by atoms with van der Waals surface area (Å²) in [5, 5.41) is 28.6. The molecule has 0 amide bonds. The maximum atomic E-state index is 13.4. The highest BCUT2D eigenvalue weighted by molar-refractivity contribution is 7.93. The second-order valence-electron chi connectivity index (χ2n) is 8.67. The summed E-state index contributed by atoms with van der Waals surface area (Å²) in [5.41, 5.74) is 5.82. The van der Waals surface area contributed by atoms with E-state index in [0.717, 1.165) is 32.1 Å². The SMILES string of the molecule is COC1=NC(c2nnc(NS(=O)(=O)[C@@H](C)[C@@H](O)C3CCCCC3)n2-c2c(O)cccc2OC)=C=C=C1. The molecule has 0 unspecified atom stereocenters. The van der Waals surface area contributed by atoms with Crippen molar-refractivity contribution in [3.05, 3.63) is 41.6 Å². The smallest absolute Gasteiger partial charge is 0.243 e. The van der Waals surface area contributed by atoms with E-state index < -0.39 is 21.4 Å². The molecule has 1 aliphatic carbocycles. The number of nitrogens with zero attached hydrogens (tertiary/aromatic N) is 4. The predicted molar refractivity (Wildman–Crippen MR) is 134 cm³/mol. The number of methoxy groups -OCH3 is 2. The van der Waals surface area contributed by atoms with Gasteiger partial charge in [-0.15, -0.1) is 10.2 Å². The number of nitrogens with one attached hydrogen (secondary N) is 1. The van der Waals surface area contributed by atoms with Gasteiger partial charge in [-0.05, 0) is 43.5 Å². The lowest BCUT2D eigenvalue weighted by Gasteiger charge is -2.30. The Morgan fingerprint density at radius 1 is 1.17 bits per heavy atom. The van der Waals surface area contributed by atoms with Gasteiger partial charge in [0.25, 0.3) is 0 Å². The Bertz CT molecular complexity index is 1360. The van der Waals surface area contributed by atoms with Gasteiger partial charge in [-0.2, -0.15) is 0 Å². The molecule has 4 rings (SSSR count). The van der Waals surface area contributed by atoms with E-state index >= 15 is 0 Å². The van der Waals surface area contributed by atoms with E-state index in [1.54, 1.807) is 12.1 Å². The van der Waals surface area contributed by atoms with Gasteiger partial charge in [0.15, 0.2) is 11.5 Å². The van der Waals surface area contributed by atoms with Crippen LogP contribution in [0.2, 0.25) is 0 Å². The Labute approximate surface area is 209 Å². The van der Waals surface area contributed by atoms with Crippen LogP contribution in [-0.2, 0) is 14.8 Å². The maximum Gasteiger partial charge on any atom is 0.243 e. The van der Waals surface area contributed by atoms with Crippen molar-refractivity contribution in [3.63, 3.8) is 0 Å². The van der Waals surface area contributed by atoms with E-state index in [9.17, 15) is 18.6 Å². The number of hydrogen-bond donors (Lipinski definition) is 3. The number of sulfonamides is 1. The van der Waals surface area contributed by atoms with Gasteiger partial charge in [-0.1, -0.05) is 31.1 Å². The molecule has 0 saturated heterocycles. The fourth-order valence-corrected chi connectivity index (χ4v) is 5.59. The third kappa shape index (κ3) is 5.03. The first-order chi connectivity index (χ1) is 17.3. The van der Waals surface area contributed by atoms with Crippen LogP contribution < -0.4 is 9.46 Å². The number of aromatic hydroxyl groups is 1. The average molecular weight is 516 g/mol. The van der Waals surface area contributed by atoms with Crippen LogP contribution in [0.1, 0.15) is 44.9 Å². The van der Waals surface area contributed by atoms with E-state index in [2.05, 4.69) is 31.4 Å². The minimum absolute atomic E-state index is 0.0585. The molecular formula is C24H29N5O6S. The number of aliphatic hydroxyl groups is 1. The van der Waals surface area contributed by atoms with Crippen LogP contribution in [0.15, 0.2) is 40.7 Å². The lowest BCUT2D eigenvalue weighted by molar-refractivity contribution is 0.0841. The van der Waals surface area contributed by atoms with Crippen molar-refractivity contribution in [2.45, 2.75) is 50.4 Å². The Kier molecular flexibility index (Phi) is 7.51. The highest BCUT2D eigenvalue weighted by Gasteiger charge is 2.36. The summed E-state index contributed by atoms with van der Waals surface area (Å²) in [6.45, 7) is 1.47. The van der Waals surface area contributed by atoms with Crippen molar-refractivity contribution in [1.82, 2.24) is 14.8 Å². The number of aliphatic imine (C=N–C) groups is 1. The fourth-order valence-electron chi connectivity index (χ4n) is 4.43. The molecular weight excluding hydrogens is 486 g/mol. The molecule has 3 N–H and O–H groups in total. The molecule has 1 aromatic carbocycles. The Morgan fingerprint density at radius 2 is 1.92 bits per heavy atom. The van der Waals surface area contributed by atoms with E-state index in [1.807, 2.05) is 0 Å². The van der Waals surface area contributed by atoms with Crippen LogP contribution in [0, 0.1) is 5.92 Å². The summed E-state index contributed by atoms with van der Waals surface area (Å²) in [5.74, 6) is 0.00219. The van der Waals surface area contributed by atoms with Crippen LogP contribution in [-0.4, -0.2) is 64.9 Å². The van der Waals surface area contributed by atoms with Gasteiger partial charge in [0.1, 0.15) is 22.4 Å². The molecule has 0 radical (unpaired) electrons. The number of phenols is 1. The lowest BCUT2D eigenvalue weighted by Crippen LogP contribution is -2.41. The highest BCUT2D eigenvalue weighted by Crippen LogP contribution is 2.37. The number of aliphatic hydroxyl groups excluding tert-OH is 1. The number of rotatable bonds is 8. The van der Waals surface area contributed by atoms with Crippen LogP contribution in [0.4, 0.5) is 5.95 Å². The zero-order valence-electron chi connectivity index (χ0n) is 20.3. The monoisotopic (exact) mass is 515 g/mol. The standard InChI is InChI=1S/C24H29N5O6S/c1-15(22(31)16-9-5-4-6-10-16)36(32,33)28-24-27-26-23(17-11-7-14-20(25-17)35-3)29(24)21-18(30)12-8-13-19(21)34-2/h8,12-16,22,30-31H,4-6,9-10H2,1-3H3,(H,27,28)/t15-,22+/m0/s1. The molecule has 2 aliphatic rings. The lowest BCUT2D eigenvalue weighted by atomic mass is 9.84. The van der Waals surface area contributed by atoms with Crippen molar-refractivity contribution in [2.24, 2.45) is 10.9 Å². The Hall–Kier alpha value is -3.56. The molecule has 1 aliphatic heterocycles. The summed E-state index contributed by atoms with van der Waals surface area (Å²) >= 11 is 0. The molecule has 1 aromatic heterocycles. The molecule has 1 saturated carbocycles. The average Bonchev–Trinajstić information content (AvgIpc) is 3.30. The molecule has 2 atom stereocenters. The second-order valence-corrected chi connectivity index (χ2v) is 10.7. The van der Waals surface area contributed by atoms with Crippen LogP contribution in [0.3, 0.4) is 0 Å². The normalized spacial score (nSPS) is 17.8. The minimum atomic E-state index is -4.12. The highest BCUT2D eigenvalue weighted by atomic mass is 32.2. The number of aromatic nitrogens is 3. The fraction of sp³-hybridized carbons (Fsp3) is 0.458. The molecule has 12 heteroatoms. The van der Waals surface area contributed by atoms with Crippen LogP contribution >= 0.6 is 0 Å². The molecule has 1 fully saturated rings. The maximum absolute atomic E-state index is 13.4. The number of anilines is 1. The second kappa shape index (κ2) is 10.6. The molecule has 11 nitrogen and oxygen atoms in total. The third-order valence-corrected chi connectivity index (χ3v) is 8.18. The van der Waals surface area contributed by atoms with Gasteiger partial charge < -0.3 is 19.7 Å². The third-order valence-electron chi connectivity index (χ3n) is 6.45. The van der Waals surface area contributed by atoms with Gasteiger partial charge in [0, 0.05) is 0 Å². The van der Waals surface area contributed by atoms with Gasteiger partial charge >= 0.3 is 0 Å². The first-order valence-electron chi connectivity index (χ1n) is 11.6. The summed E-state index contributed by atoms with van der Waals surface area (Å²) in [6.07, 6.45) is 5.02.